The van der Waals surface area contributed by atoms with E-state index in [1.165, 1.54) is 32.1 Å². The number of Topliss-reactive ketones (excluding diaryl/α,β-unsaturated/α-hetero) is 1. The average molecular weight is 212 g/mol. The third-order valence-electron chi connectivity index (χ3n) is 3.56. The van der Waals surface area contributed by atoms with Gasteiger partial charge >= 0.3 is 0 Å². The Balaban J connectivity index is 2.46. The average Bonchev–Trinajstić information content (AvgIpc) is 2.18. The van der Waals surface area contributed by atoms with Crippen molar-refractivity contribution >= 4 is 5.78 Å². The third kappa shape index (κ3) is 4.33. The maximum absolute atomic E-state index is 11.2. The summed E-state index contributed by atoms with van der Waals surface area (Å²) in [5.74, 6) is 0.998. The number of hydrogen-bond acceptors (Lipinski definition) is 2. The molecule has 0 aromatic rings. The highest BCUT2D eigenvalue weighted by atomic mass is 16.5. The van der Waals surface area contributed by atoms with E-state index in [0.717, 1.165) is 12.3 Å². The van der Waals surface area contributed by atoms with Crippen LogP contribution in [0.15, 0.2) is 0 Å². The topological polar surface area (TPSA) is 26.3 Å². The molecule has 88 valence electrons. The Hall–Kier alpha value is -0.370. The van der Waals surface area contributed by atoms with Crippen LogP contribution < -0.4 is 0 Å². The second-order valence-electron chi connectivity index (χ2n) is 5.24. The van der Waals surface area contributed by atoms with Gasteiger partial charge in [0.15, 0.2) is 0 Å². The summed E-state index contributed by atoms with van der Waals surface area (Å²) < 4.78 is 5.53. The number of methoxy groups -OCH3 is 1. The first-order chi connectivity index (χ1) is 7.06. The molecule has 0 aromatic carbocycles. The van der Waals surface area contributed by atoms with Gasteiger partial charge in [0.25, 0.3) is 0 Å². The molecule has 1 aliphatic rings. The summed E-state index contributed by atoms with van der Waals surface area (Å²) in [7, 11) is 1.73. The monoisotopic (exact) mass is 212 g/mol. The van der Waals surface area contributed by atoms with Crippen molar-refractivity contribution in [2.75, 3.05) is 7.11 Å². The summed E-state index contributed by atoms with van der Waals surface area (Å²) >= 11 is 0. The molecular formula is C13H24O2. The van der Waals surface area contributed by atoms with Gasteiger partial charge < -0.3 is 4.74 Å². The van der Waals surface area contributed by atoms with Gasteiger partial charge in [-0.15, -0.1) is 0 Å². The first-order valence-corrected chi connectivity index (χ1v) is 6.10. The Morgan fingerprint density at radius 3 is 2.40 bits per heavy atom. The number of ketones is 1. The second kappa shape index (κ2) is 5.64. The predicted octanol–water partition coefficient (Wildman–Crippen LogP) is 3.34. The Kier molecular flexibility index (Phi) is 4.78. The highest BCUT2D eigenvalue weighted by molar-refractivity contribution is 5.76. The van der Waals surface area contributed by atoms with Crippen LogP contribution in [0.3, 0.4) is 0 Å². The minimum atomic E-state index is -0.228. The van der Waals surface area contributed by atoms with Gasteiger partial charge in [-0.2, -0.15) is 0 Å². The van der Waals surface area contributed by atoms with Gasteiger partial charge in [-0.1, -0.05) is 32.1 Å². The molecule has 15 heavy (non-hydrogen) atoms. The summed E-state index contributed by atoms with van der Waals surface area (Å²) in [6, 6.07) is 0. The van der Waals surface area contributed by atoms with E-state index in [9.17, 15) is 4.79 Å². The van der Waals surface area contributed by atoms with Crippen LogP contribution in [0.5, 0.6) is 0 Å². The van der Waals surface area contributed by atoms with Crippen LogP contribution in [-0.2, 0) is 9.53 Å². The van der Waals surface area contributed by atoms with Crippen molar-refractivity contribution in [3.8, 4) is 0 Å². The van der Waals surface area contributed by atoms with E-state index in [0.29, 0.717) is 6.42 Å². The molecule has 0 aliphatic heterocycles. The molecule has 0 amide bonds. The maximum Gasteiger partial charge on any atom is 0.132 e. The normalized spacial score (nSPS) is 22.3. The minimum absolute atomic E-state index is 0.228. The molecule has 0 aromatic heterocycles. The van der Waals surface area contributed by atoms with Crippen molar-refractivity contribution in [2.45, 2.75) is 64.4 Å². The van der Waals surface area contributed by atoms with Crippen molar-refractivity contribution in [3.05, 3.63) is 0 Å². The summed E-state index contributed by atoms with van der Waals surface area (Å²) in [6.45, 7) is 3.72. The van der Waals surface area contributed by atoms with Crippen LogP contribution in [0.1, 0.15) is 58.8 Å². The first-order valence-electron chi connectivity index (χ1n) is 6.10. The highest BCUT2D eigenvalue weighted by Crippen LogP contribution is 2.33. The lowest BCUT2D eigenvalue weighted by Gasteiger charge is -2.33. The Bertz CT molecular complexity index is 207. The zero-order valence-corrected chi connectivity index (χ0v) is 10.3. The number of rotatable bonds is 5. The predicted molar refractivity (Wildman–Crippen MR) is 61.9 cm³/mol. The van der Waals surface area contributed by atoms with Crippen LogP contribution in [-0.4, -0.2) is 18.5 Å². The fraction of sp³-hybridized carbons (Fsp3) is 0.923. The molecule has 0 heterocycles. The van der Waals surface area contributed by atoms with Crippen LogP contribution in [0.4, 0.5) is 0 Å². The largest absolute Gasteiger partial charge is 0.378 e. The smallest absolute Gasteiger partial charge is 0.132 e. The van der Waals surface area contributed by atoms with Crippen LogP contribution >= 0.6 is 0 Å². The molecule has 1 fully saturated rings. The fourth-order valence-electron chi connectivity index (χ4n) is 2.76. The van der Waals surface area contributed by atoms with Crippen molar-refractivity contribution in [2.24, 2.45) is 5.92 Å². The molecule has 0 spiro atoms. The van der Waals surface area contributed by atoms with E-state index < -0.39 is 0 Å². The summed E-state index contributed by atoms with van der Waals surface area (Å²) in [4.78, 5) is 11.2. The lowest BCUT2D eigenvalue weighted by Crippen LogP contribution is -2.33. The first kappa shape index (κ1) is 12.7. The van der Waals surface area contributed by atoms with Crippen LogP contribution in [0.25, 0.3) is 0 Å². The maximum atomic E-state index is 11.2. The van der Waals surface area contributed by atoms with E-state index in [-0.39, 0.29) is 11.4 Å². The van der Waals surface area contributed by atoms with Gasteiger partial charge in [-0.05, 0) is 26.2 Å². The molecule has 1 aliphatic carbocycles. The van der Waals surface area contributed by atoms with E-state index in [1.807, 2.05) is 0 Å². The van der Waals surface area contributed by atoms with Gasteiger partial charge in [0.2, 0.25) is 0 Å². The molecule has 0 radical (unpaired) electrons. The molecule has 1 saturated carbocycles. The van der Waals surface area contributed by atoms with Gasteiger partial charge in [0, 0.05) is 13.5 Å². The highest BCUT2D eigenvalue weighted by Gasteiger charge is 2.29. The number of carbonyl (C=O) groups is 1. The second-order valence-corrected chi connectivity index (χ2v) is 5.24. The molecule has 1 rings (SSSR count). The standard InChI is InChI=1S/C13H24O2/c1-11(14)9-13(2,15-3)10-12-7-5-4-6-8-12/h12H,4-10H2,1-3H3. The lowest BCUT2D eigenvalue weighted by molar-refractivity contribution is -0.123. The van der Waals surface area contributed by atoms with Crippen molar-refractivity contribution in [3.63, 3.8) is 0 Å². The third-order valence-corrected chi connectivity index (χ3v) is 3.56. The molecule has 2 heteroatoms. The van der Waals surface area contributed by atoms with Crippen LogP contribution in [0, 0.1) is 5.92 Å². The minimum Gasteiger partial charge on any atom is -0.378 e. The summed E-state index contributed by atoms with van der Waals surface area (Å²) in [5.41, 5.74) is -0.228. The zero-order chi connectivity index (χ0) is 11.3. The zero-order valence-electron chi connectivity index (χ0n) is 10.3. The van der Waals surface area contributed by atoms with Gasteiger partial charge in [-0.25, -0.2) is 0 Å². The van der Waals surface area contributed by atoms with Gasteiger partial charge in [0.05, 0.1) is 5.60 Å². The Morgan fingerprint density at radius 2 is 1.93 bits per heavy atom. The Labute approximate surface area is 93.4 Å². The fourth-order valence-corrected chi connectivity index (χ4v) is 2.76. The number of hydrogen-bond donors (Lipinski definition) is 0. The molecule has 1 atom stereocenters. The quantitative estimate of drug-likeness (QED) is 0.698. The molecule has 2 nitrogen and oxygen atoms in total. The molecule has 1 unspecified atom stereocenters. The van der Waals surface area contributed by atoms with Crippen molar-refractivity contribution in [1.82, 2.24) is 0 Å². The van der Waals surface area contributed by atoms with E-state index in [2.05, 4.69) is 6.92 Å². The van der Waals surface area contributed by atoms with Crippen molar-refractivity contribution < 1.29 is 9.53 Å². The molecule has 0 bridgehead atoms. The summed E-state index contributed by atoms with van der Waals surface area (Å²) in [6.07, 6.45) is 8.32. The number of ether oxygens (including phenoxy) is 1. The van der Waals surface area contributed by atoms with Crippen LogP contribution in [0.2, 0.25) is 0 Å². The van der Waals surface area contributed by atoms with E-state index >= 15 is 0 Å². The summed E-state index contributed by atoms with van der Waals surface area (Å²) in [5, 5.41) is 0. The molecule has 0 N–H and O–H groups in total. The number of carbonyl (C=O) groups excluding carboxylic acids is 1. The molecule has 0 saturated heterocycles. The Morgan fingerprint density at radius 1 is 1.33 bits per heavy atom. The van der Waals surface area contributed by atoms with Gasteiger partial charge in [-0.3, -0.25) is 4.79 Å². The lowest BCUT2D eigenvalue weighted by atomic mass is 9.80. The van der Waals surface area contributed by atoms with E-state index in [1.54, 1.807) is 14.0 Å². The van der Waals surface area contributed by atoms with Crippen molar-refractivity contribution in [1.29, 1.82) is 0 Å². The molecular weight excluding hydrogens is 188 g/mol. The van der Waals surface area contributed by atoms with E-state index in [4.69, 9.17) is 4.74 Å². The SMILES string of the molecule is COC(C)(CC(C)=O)CC1CCCCC1. The van der Waals surface area contributed by atoms with Gasteiger partial charge in [0.1, 0.15) is 5.78 Å².